The Kier molecular flexibility index (Phi) is 29.9. The molecule has 0 aliphatic rings. The molecule has 0 atom stereocenters. The van der Waals surface area contributed by atoms with Crippen molar-refractivity contribution in [2.45, 2.75) is 0 Å². The van der Waals surface area contributed by atoms with Gasteiger partial charge in [-0.05, 0) is 0 Å². The van der Waals surface area contributed by atoms with Crippen LogP contribution in [0.25, 0.3) is 0 Å². The van der Waals surface area contributed by atoms with Crippen molar-refractivity contribution in [2.24, 2.45) is 0 Å². The summed E-state index contributed by atoms with van der Waals surface area (Å²) < 4.78 is 0. The molecule has 0 aromatic heterocycles. The second kappa shape index (κ2) is 17.2. The van der Waals surface area contributed by atoms with Gasteiger partial charge in [-0.1, -0.05) is 0 Å². The summed E-state index contributed by atoms with van der Waals surface area (Å²) in [7, 11) is 0. The van der Waals surface area contributed by atoms with Crippen molar-refractivity contribution < 1.29 is 56.1 Å². The van der Waals surface area contributed by atoms with Crippen LogP contribution in [0.4, 0.5) is 0 Å². The van der Waals surface area contributed by atoms with Crippen LogP contribution in [0.3, 0.4) is 0 Å². The van der Waals surface area contributed by atoms with Crippen molar-refractivity contribution >= 4 is 0 Å². The smallest absolute Gasteiger partial charge is 0.356 e. The summed E-state index contributed by atoms with van der Waals surface area (Å²) in [6, 6.07) is 0. The third-order valence-electron chi connectivity index (χ3n) is 0. The third-order valence-corrected chi connectivity index (χ3v) is 0. The molecule has 12 nitrogen and oxygen atoms in total. The summed E-state index contributed by atoms with van der Waals surface area (Å²) in [4.78, 5) is 24.8. The number of hydrogen-bond acceptors (Lipinski definition) is 9. The van der Waals surface area contributed by atoms with Crippen molar-refractivity contribution in [1.82, 2.24) is 0 Å². The van der Waals surface area contributed by atoms with Crippen LogP contribution < -0.4 is 0 Å². The van der Waals surface area contributed by atoms with Gasteiger partial charge >= 0.3 is 40.8 Å². The Bertz CT molecular complexity index is 112. The Balaban J connectivity index is -0.0000000450. The average Bonchev–Trinajstić information content (AvgIpc) is 1.54. The zero-order valence-corrected chi connectivity index (χ0v) is 8.72. The van der Waals surface area contributed by atoms with E-state index in [0.29, 0.717) is 0 Å². The molecule has 13 heteroatoms. The Labute approximate surface area is 102 Å². The molecule has 0 bridgehead atoms. The van der Waals surface area contributed by atoms with E-state index < -0.39 is 15.3 Å². The second-order valence-electron chi connectivity index (χ2n) is 0.671. The summed E-state index contributed by atoms with van der Waals surface area (Å²) in [6.45, 7) is 0. The van der Waals surface area contributed by atoms with Crippen molar-refractivity contribution in [3.8, 4) is 0 Å². The van der Waals surface area contributed by atoms with Crippen molar-refractivity contribution in [3.05, 3.63) is 46.0 Å². The van der Waals surface area contributed by atoms with Gasteiger partial charge in [-0.25, -0.2) is 0 Å². The van der Waals surface area contributed by atoms with Crippen LogP contribution in [0.5, 0.6) is 0 Å². The maximum absolute atomic E-state index is 8.25. The van der Waals surface area contributed by atoms with Gasteiger partial charge in [0.25, 0.3) is 0 Å². The Morgan fingerprint density at radius 2 is 0.538 bits per heavy atom. The summed E-state index contributed by atoms with van der Waals surface area (Å²) >= 11 is 0. The molecule has 0 fully saturated rings. The van der Waals surface area contributed by atoms with Crippen LogP contribution in [-0.2, 0) is 0 Å². The topological polar surface area (TPSA) is 199 Å². The van der Waals surface area contributed by atoms with E-state index in [0.717, 1.165) is 0 Å². The van der Waals surface area contributed by atoms with Gasteiger partial charge in [-0.3, -0.25) is 0 Å². The molecule has 0 spiro atoms. The van der Waals surface area contributed by atoms with E-state index in [-0.39, 0.29) is 40.8 Å². The SMILES string of the molecule is O=[N+]([O-])[O-].O=[N+]([O-])[O-].O=[N+]([O-])[O-].[Nd+3]. The fourth-order valence-corrected chi connectivity index (χ4v) is 0. The third kappa shape index (κ3) is 797. The predicted molar refractivity (Wildman–Crippen MR) is 31.1 cm³/mol. The van der Waals surface area contributed by atoms with Crippen LogP contribution in [-0.4, -0.2) is 15.3 Å². The first-order valence-corrected chi connectivity index (χ1v) is 1.64. The van der Waals surface area contributed by atoms with Crippen LogP contribution in [0.2, 0.25) is 0 Å². The largest absolute Gasteiger partial charge is 3.00 e. The van der Waals surface area contributed by atoms with Gasteiger partial charge in [-0.15, -0.1) is 0 Å². The molecule has 0 saturated heterocycles. The van der Waals surface area contributed by atoms with Crippen LogP contribution in [0.15, 0.2) is 0 Å². The number of hydrogen-bond donors (Lipinski definition) is 0. The van der Waals surface area contributed by atoms with Crippen molar-refractivity contribution in [1.29, 1.82) is 0 Å². The van der Waals surface area contributed by atoms with Gasteiger partial charge in [-0.2, -0.15) is 0 Å². The molecule has 0 saturated carbocycles. The van der Waals surface area contributed by atoms with E-state index in [1.165, 1.54) is 0 Å². The first kappa shape index (κ1) is 22.7. The molecule has 0 aliphatic heterocycles. The maximum Gasteiger partial charge on any atom is 3.00 e. The molecule has 0 N–H and O–H groups in total. The van der Waals surface area contributed by atoms with E-state index in [2.05, 4.69) is 0 Å². The maximum atomic E-state index is 8.25. The first-order chi connectivity index (χ1) is 5.20. The number of rotatable bonds is 0. The zero-order chi connectivity index (χ0) is 10.7. The second-order valence-corrected chi connectivity index (χ2v) is 0.671. The quantitative estimate of drug-likeness (QED) is 0.406. The van der Waals surface area contributed by atoms with Crippen LogP contribution in [0, 0.1) is 86.8 Å². The summed E-state index contributed by atoms with van der Waals surface area (Å²) in [6.07, 6.45) is 0. The fourth-order valence-electron chi connectivity index (χ4n) is 0. The number of nitrogens with zero attached hydrogens (tertiary/aromatic N) is 3. The minimum atomic E-state index is -1.75. The van der Waals surface area contributed by atoms with Gasteiger partial charge in [0, 0.05) is 0 Å². The summed E-state index contributed by atoms with van der Waals surface area (Å²) in [5, 5.41) is 44.2. The molecule has 0 amide bonds. The van der Waals surface area contributed by atoms with Crippen molar-refractivity contribution in [2.75, 3.05) is 0 Å². The summed E-state index contributed by atoms with van der Waals surface area (Å²) in [5.41, 5.74) is 0. The molecule has 0 aromatic carbocycles. The minimum Gasteiger partial charge on any atom is -0.356 e. The molecule has 1 radical (unpaired) electrons. The van der Waals surface area contributed by atoms with Gasteiger partial charge in [0.2, 0.25) is 0 Å². The van der Waals surface area contributed by atoms with Gasteiger partial charge in [0.05, 0.1) is 15.3 Å². The van der Waals surface area contributed by atoms with E-state index in [1.807, 2.05) is 0 Å². The van der Waals surface area contributed by atoms with E-state index >= 15 is 0 Å². The Morgan fingerprint density at radius 3 is 0.538 bits per heavy atom. The molecule has 0 aromatic rings. The van der Waals surface area contributed by atoms with E-state index in [9.17, 15) is 0 Å². The molecule has 0 heterocycles. The van der Waals surface area contributed by atoms with E-state index in [4.69, 9.17) is 46.0 Å². The summed E-state index contributed by atoms with van der Waals surface area (Å²) in [5.74, 6) is 0. The average molecular weight is 330 g/mol. The monoisotopic (exact) mass is 328 g/mol. The fraction of sp³-hybridized carbons (Fsp3) is 0. The minimum absolute atomic E-state index is 0. The molecular formula is N3NdO9. The van der Waals surface area contributed by atoms with Gasteiger partial charge in [0.15, 0.2) is 0 Å². The molecule has 73 valence electrons. The normalized spacial score (nSPS) is 5.54. The predicted octanol–water partition coefficient (Wildman–Crippen LogP) is -0.717. The van der Waals surface area contributed by atoms with Gasteiger partial charge < -0.3 is 46.0 Å². The first-order valence-electron chi connectivity index (χ1n) is 1.64. The molecule has 13 heavy (non-hydrogen) atoms. The Morgan fingerprint density at radius 1 is 0.538 bits per heavy atom. The van der Waals surface area contributed by atoms with Crippen LogP contribution >= 0.6 is 0 Å². The standard InChI is InChI=1S/3NO3.Nd/c3*2-1(3)4;/q3*-1;+3. The van der Waals surface area contributed by atoms with Crippen LogP contribution in [0.1, 0.15) is 0 Å². The molecule has 0 aliphatic carbocycles. The molecule has 0 rings (SSSR count). The van der Waals surface area contributed by atoms with Crippen molar-refractivity contribution in [3.63, 3.8) is 0 Å². The Hall–Kier alpha value is -1.05. The van der Waals surface area contributed by atoms with E-state index in [1.54, 1.807) is 0 Å². The van der Waals surface area contributed by atoms with Gasteiger partial charge in [0.1, 0.15) is 0 Å². The molecule has 0 unspecified atom stereocenters. The molecular weight excluding hydrogens is 330 g/mol. The zero-order valence-electron chi connectivity index (χ0n) is 5.52.